The Bertz CT molecular complexity index is 653. The van der Waals surface area contributed by atoms with E-state index in [1.165, 1.54) is 0 Å². The van der Waals surface area contributed by atoms with E-state index in [1.54, 1.807) is 6.20 Å². The molecular formula is C17H22ClN5O. The fraction of sp³-hybridized carbons (Fsp3) is 0.471. The first kappa shape index (κ1) is 16.8. The normalized spacial score (nSPS) is 14.9. The number of nitrogens with zero attached hydrogens (tertiary/aromatic N) is 4. The van der Waals surface area contributed by atoms with Crippen LogP contribution in [0.2, 0.25) is 5.02 Å². The van der Waals surface area contributed by atoms with E-state index in [1.807, 2.05) is 23.1 Å². The lowest BCUT2D eigenvalue weighted by Crippen LogP contribution is -2.48. The van der Waals surface area contributed by atoms with Crippen LogP contribution in [0.25, 0.3) is 0 Å². The van der Waals surface area contributed by atoms with Gasteiger partial charge in [-0.25, -0.2) is 0 Å². The van der Waals surface area contributed by atoms with Crippen molar-refractivity contribution in [1.82, 2.24) is 20.3 Å². The Morgan fingerprint density at radius 3 is 2.75 bits per heavy atom. The molecule has 3 rings (SSSR count). The molecule has 7 heteroatoms. The zero-order valence-electron chi connectivity index (χ0n) is 13.6. The second-order valence-electron chi connectivity index (χ2n) is 6.02. The molecule has 1 aliphatic heterocycles. The molecule has 1 aromatic carbocycles. The van der Waals surface area contributed by atoms with Gasteiger partial charge in [0.1, 0.15) is 0 Å². The van der Waals surface area contributed by atoms with Crippen LogP contribution in [-0.2, 0) is 11.2 Å². The molecule has 0 spiro atoms. The van der Waals surface area contributed by atoms with E-state index < -0.39 is 0 Å². The molecule has 1 amide bonds. The summed E-state index contributed by atoms with van der Waals surface area (Å²) >= 11 is 6.05. The molecule has 2 aromatic rings. The summed E-state index contributed by atoms with van der Waals surface area (Å²) in [5, 5.41) is 11.2. The highest BCUT2D eigenvalue weighted by Crippen LogP contribution is 2.21. The number of hydrogen-bond donors (Lipinski definition) is 1. The number of rotatable bonds is 6. The van der Waals surface area contributed by atoms with E-state index in [4.69, 9.17) is 11.6 Å². The summed E-state index contributed by atoms with van der Waals surface area (Å²) in [6.07, 6.45) is 5.05. The number of aromatic nitrogens is 3. The summed E-state index contributed by atoms with van der Waals surface area (Å²) in [4.78, 5) is 16.6. The summed E-state index contributed by atoms with van der Waals surface area (Å²) in [5.41, 5.74) is 2.08. The van der Waals surface area contributed by atoms with Crippen LogP contribution in [0.4, 0.5) is 5.69 Å². The average Bonchev–Trinajstić information content (AvgIpc) is 3.12. The molecule has 6 nitrogen and oxygen atoms in total. The highest BCUT2D eigenvalue weighted by molar-refractivity contribution is 6.30. The number of H-pyrrole nitrogens is 1. The van der Waals surface area contributed by atoms with Crippen LogP contribution in [-0.4, -0.2) is 52.4 Å². The van der Waals surface area contributed by atoms with Gasteiger partial charge in [0.2, 0.25) is 5.91 Å². The minimum absolute atomic E-state index is 0.251. The van der Waals surface area contributed by atoms with E-state index in [2.05, 4.69) is 26.4 Å². The number of benzene rings is 1. The largest absolute Gasteiger partial charge is 0.368 e. The van der Waals surface area contributed by atoms with Gasteiger partial charge in [-0.1, -0.05) is 17.7 Å². The third kappa shape index (κ3) is 4.47. The van der Waals surface area contributed by atoms with Crippen LogP contribution in [0, 0.1) is 0 Å². The van der Waals surface area contributed by atoms with Gasteiger partial charge in [0.05, 0.1) is 11.9 Å². The van der Waals surface area contributed by atoms with Crippen molar-refractivity contribution in [3.63, 3.8) is 0 Å². The Labute approximate surface area is 146 Å². The smallest absolute Gasteiger partial charge is 0.222 e. The summed E-state index contributed by atoms with van der Waals surface area (Å²) in [5.74, 6) is 0.251. The van der Waals surface area contributed by atoms with Crippen LogP contribution < -0.4 is 4.90 Å². The van der Waals surface area contributed by atoms with E-state index in [0.29, 0.717) is 6.42 Å². The minimum atomic E-state index is 0.251. The molecule has 1 fully saturated rings. The SMILES string of the molecule is O=C(CCCCc1cn[nH]n1)N1CCN(c2cccc(Cl)c2)CC1. The van der Waals surface area contributed by atoms with Crippen LogP contribution in [0.1, 0.15) is 25.0 Å². The van der Waals surface area contributed by atoms with Gasteiger partial charge >= 0.3 is 0 Å². The first-order chi connectivity index (χ1) is 11.7. The maximum Gasteiger partial charge on any atom is 0.222 e. The fourth-order valence-corrected chi connectivity index (χ4v) is 3.16. The number of amides is 1. The van der Waals surface area contributed by atoms with Gasteiger partial charge in [-0.15, -0.1) is 0 Å². The summed E-state index contributed by atoms with van der Waals surface area (Å²) in [6, 6.07) is 7.88. The lowest BCUT2D eigenvalue weighted by atomic mass is 10.1. The number of aromatic amines is 1. The van der Waals surface area contributed by atoms with Gasteiger partial charge in [0.25, 0.3) is 0 Å². The van der Waals surface area contributed by atoms with Gasteiger partial charge in [-0.3, -0.25) is 4.79 Å². The number of carbonyl (C=O) groups excluding carboxylic acids is 1. The quantitative estimate of drug-likeness (QED) is 0.815. The highest BCUT2D eigenvalue weighted by atomic mass is 35.5. The molecule has 0 bridgehead atoms. The molecule has 24 heavy (non-hydrogen) atoms. The zero-order valence-corrected chi connectivity index (χ0v) is 14.4. The molecule has 0 aliphatic carbocycles. The number of anilines is 1. The van der Waals surface area contributed by atoms with E-state index >= 15 is 0 Å². The fourth-order valence-electron chi connectivity index (χ4n) is 2.97. The third-order valence-electron chi connectivity index (χ3n) is 4.34. The lowest BCUT2D eigenvalue weighted by molar-refractivity contribution is -0.131. The van der Waals surface area contributed by atoms with Crippen molar-refractivity contribution in [1.29, 1.82) is 0 Å². The molecular weight excluding hydrogens is 326 g/mol. The van der Waals surface area contributed by atoms with Crippen molar-refractivity contribution in [2.24, 2.45) is 0 Å². The molecule has 0 unspecified atom stereocenters. The Kier molecular flexibility index (Phi) is 5.69. The van der Waals surface area contributed by atoms with Crippen LogP contribution in [0.15, 0.2) is 30.5 Å². The first-order valence-electron chi connectivity index (χ1n) is 8.35. The molecule has 1 saturated heterocycles. The molecule has 1 N–H and O–H groups in total. The third-order valence-corrected chi connectivity index (χ3v) is 4.58. The van der Waals surface area contributed by atoms with Crippen molar-refractivity contribution >= 4 is 23.2 Å². The van der Waals surface area contributed by atoms with Crippen LogP contribution in [0.5, 0.6) is 0 Å². The molecule has 1 aliphatic rings. The Balaban J connectivity index is 1.38. The second kappa shape index (κ2) is 8.15. The first-order valence-corrected chi connectivity index (χ1v) is 8.73. The molecule has 2 heterocycles. The Hall–Kier alpha value is -2.08. The van der Waals surface area contributed by atoms with E-state index in [9.17, 15) is 4.79 Å². The Morgan fingerprint density at radius 2 is 2.04 bits per heavy atom. The number of aryl methyl sites for hydroxylation is 1. The lowest BCUT2D eigenvalue weighted by Gasteiger charge is -2.36. The topological polar surface area (TPSA) is 65.1 Å². The summed E-state index contributed by atoms with van der Waals surface area (Å²) < 4.78 is 0. The monoisotopic (exact) mass is 347 g/mol. The summed E-state index contributed by atoms with van der Waals surface area (Å²) in [7, 11) is 0. The van der Waals surface area contributed by atoms with Gasteiger partial charge in [-0.2, -0.15) is 15.4 Å². The number of hydrogen-bond acceptors (Lipinski definition) is 4. The van der Waals surface area contributed by atoms with Gasteiger partial charge in [0.15, 0.2) is 0 Å². The molecule has 1 aromatic heterocycles. The zero-order chi connectivity index (χ0) is 16.8. The molecule has 0 saturated carbocycles. The second-order valence-corrected chi connectivity index (χ2v) is 6.45. The number of halogens is 1. The Morgan fingerprint density at radius 1 is 1.21 bits per heavy atom. The minimum Gasteiger partial charge on any atom is -0.368 e. The van der Waals surface area contributed by atoms with Crippen molar-refractivity contribution in [2.45, 2.75) is 25.7 Å². The predicted octanol–water partition coefficient (Wildman–Crippen LogP) is 2.52. The number of piperazine rings is 1. The van der Waals surface area contributed by atoms with Gasteiger partial charge < -0.3 is 9.80 Å². The molecule has 128 valence electrons. The van der Waals surface area contributed by atoms with Crippen molar-refractivity contribution < 1.29 is 4.79 Å². The van der Waals surface area contributed by atoms with Crippen LogP contribution >= 0.6 is 11.6 Å². The predicted molar refractivity (Wildman–Crippen MR) is 94.2 cm³/mol. The number of nitrogens with one attached hydrogen (secondary N) is 1. The number of unbranched alkanes of at least 4 members (excludes halogenated alkanes) is 1. The van der Waals surface area contributed by atoms with Crippen molar-refractivity contribution in [3.05, 3.63) is 41.2 Å². The molecule has 0 atom stereocenters. The van der Waals surface area contributed by atoms with Crippen molar-refractivity contribution in [2.75, 3.05) is 31.1 Å². The molecule has 0 radical (unpaired) electrons. The highest BCUT2D eigenvalue weighted by Gasteiger charge is 2.20. The maximum atomic E-state index is 12.3. The standard InChI is InChI=1S/C17H22ClN5O/c18-14-4-3-6-16(12-14)22-8-10-23(11-9-22)17(24)7-2-1-5-15-13-19-21-20-15/h3-4,6,12-13H,1-2,5,7-11H2,(H,19,20,21). The van der Waals surface area contributed by atoms with E-state index in [-0.39, 0.29) is 5.91 Å². The van der Waals surface area contributed by atoms with Crippen molar-refractivity contribution in [3.8, 4) is 0 Å². The van der Waals surface area contributed by atoms with Gasteiger partial charge in [-0.05, 0) is 37.5 Å². The van der Waals surface area contributed by atoms with Gasteiger partial charge in [0, 0.05) is 43.3 Å². The number of carbonyl (C=O) groups is 1. The van der Waals surface area contributed by atoms with Crippen LogP contribution in [0.3, 0.4) is 0 Å². The summed E-state index contributed by atoms with van der Waals surface area (Å²) in [6.45, 7) is 3.25. The average molecular weight is 348 g/mol. The van der Waals surface area contributed by atoms with E-state index in [0.717, 1.165) is 61.8 Å². The maximum absolute atomic E-state index is 12.3.